The molecule has 0 spiro atoms. The van der Waals surface area contributed by atoms with Gasteiger partial charge in [-0.25, -0.2) is 9.97 Å². The van der Waals surface area contributed by atoms with Gasteiger partial charge in [-0.3, -0.25) is 4.98 Å². The Morgan fingerprint density at radius 3 is 2.63 bits per heavy atom. The van der Waals surface area contributed by atoms with Gasteiger partial charge in [0.2, 0.25) is 0 Å². The van der Waals surface area contributed by atoms with Gasteiger partial charge in [-0.05, 0) is 38.3 Å². The Balaban J connectivity index is 1.96. The third-order valence-electron chi connectivity index (χ3n) is 3.41. The molecule has 0 amide bonds. The Kier molecular flexibility index (Phi) is 3.40. The summed E-state index contributed by atoms with van der Waals surface area (Å²) in [6.45, 7) is 4.21. The van der Waals surface area contributed by atoms with Gasteiger partial charge in [0.25, 0.3) is 0 Å². The summed E-state index contributed by atoms with van der Waals surface area (Å²) in [6, 6.07) is 7.89. The monoisotopic (exact) mass is 254 g/mol. The summed E-state index contributed by atoms with van der Waals surface area (Å²) < 4.78 is 0. The van der Waals surface area contributed by atoms with Gasteiger partial charge in [-0.1, -0.05) is 6.07 Å². The number of rotatable bonds is 2. The smallest absolute Gasteiger partial charge is 0.180 e. The number of hydrogen-bond donors (Lipinski definition) is 0. The quantitative estimate of drug-likeness (QED) is 0.826. The van der Waals surface area contributed by atoms with E-state index >= 15 is 0 Å². The molecule has 1 aliphatic heterocycles. The maximum atomic E-state index is 4.68. The lowest BCUT2D eigenvalue weighted by Crippen LogP contribution is -2.30. The third-order valence-corrected chi connectivity index (χ3v) is 3.41. The van der Waals surface area contributed by atoms with Crippen LogP contribution < -0.4 is 4.90 Å². The highest BCUT2D eigenvalue weighted by atomic mass is 15.2. The molecular weight excluding hydrogens is 236 g/mol. The average Bonchev–Trinajstić information content (AvgIpc) is 2.48. The van der Waals surface area contributed by atoms with Crippen LogP contribution in [0.1, 0.15) is 25.0 Å². The lowest BCUT2D eigenvalue weighted by atomic mass is 10.1. The standard InChI is InChI=1S/C15H18N4/c1-12-11-14(19-9-5-2-6-10-19)18-15(17-12)13-7-3-4-8-16-13/h3-4,7-8,11H,2,5-6,9-10H2,1H3. The maximum absolute atomic E-state index is 4.68. The summed E-state index contributed by atoms with van der Waals surface area (Å²) >= 11 is 0. The van der Waals surface area contributed by atoms with Crippen LogP contribution in [0.25, 0.3) is 11.5 Å². The first-order valence-electron chi connectivity index (χ1n) is 6.85. The molecule has 19 heavy (non-hydrogen) atoms. The van der Waals surface area contributed by atoms with Crippen LogP contribution in [0.5, 0.6) is 0 Å². The highest BCUT2D eigenvalue weighted by Gasteiger charge is 2.14. The Bertz CT molecular complexity index is 547. The number of piperidine rings is 1. The van der Waals surface area contributed by atoms with Gasteiger partial charge in [0, 0.05) is 31.0 Å². The van der Waals surface area contributed by atoms with Crippen LogP contribution in [0.4, 0.5) is 5.82 Å². The number of aryl methyl sites for hydroxylation is 1. The van der Waals surface area contributed by atoms with Gasteiger partial charge in [0.15, 0.2) is 5.82 Å². The minimum atomic E-state index is 0.723. The van der Waals surface area contributed by atoms with E-state index in [2.05, 4.69) is 25.9 Å². The van der Waals surface area contributed by atoms with Crippen LogP contribution in [0.2, 0.25) is 0 Å². The molecule has 0 N–H and O–H groups in total. The zero-order valence-corrected chi connectivity index (χ0v) is 11.2. The van der Waals surface area contributed by atoms with Gasteiger partial charge in [0.05, 0.1) is 0 Å². The van der Waals surface area contributed by atoms with Crippen LogP contribution in [0.15, 0.2) is 30.5 Å². The molecule has 0 atom stereocenters. The van der Waals surface area contributed by atoms with E-state index in [0.717, 1.165) is 36.1 Å². The van der Waals surface area contributed by atoms with Crippen molar-refractivity contribution in [3.63, 3.8) is 0 Å². The van der Waals surface area contributed by atoms with Crippen LogP contribution in [-0.4, -0.2) is 28.0 Å². The molecule has 1 saturated heterocycles. The second-order valence-electron chi connectivity index (χ2n) is 4.95. The number of nitrogens with zero attached hydrogens (tertiary/aromatic N) is 4. The van der Waals surface area contributed by atoms with Crippen LogP contribution in [0.3, 0.4) is 0 Å². The summed E-state index contributed by atoms with van der Waals surface area (Å²) in [4.78, 5) is 15.9. The van der Waals surface area contributed by atoms with E-state index in [-0.39, 0.29) is 0 Å². The van der Waals surface area contributed by atoms with Crippen LogP contribution in [-0.2, 0) is 0 Å². The minimum Gasteiger partial charge on any atom is -0.356 e. The lowest BCUT2D eigenvalue weighted by molar-refractivity contribution is 0.573. The first kappa shape index (κ1) is 12.1. The average molecular weight is 254 g/mol. The fraction of sp³-hybridized carbons (Fsp3) is 0.400. The van der Waals surface area contributed by atoms with Crippen molar-refractivity contribution in [2.75, 3.05) is 18.0 Å². The molecule has 1 fully saturated rings. The lowest BCUT2D eigenvalue weighted by Gasteiger charge is -2.28. The number of aromatic nitrogens is 3. The largest absolute Gasteiger partial charge is 0.356 e. The second kappa shape index (κ2) is 5.34. The zero-order valence-electron chi connectivity index (χ0n) is 11.2. The molecule has 0 radical (unpaired) electrons. The highest BCUT2D eigenvalue weighted by molar-refractivity contribution is 5.53. The molecule has 0 bridgehead atoms. The van der Waals surface area contributed by atoms with Crippen molar-refractivity contribution < 1.29 is 0 Å². The molecule has 98 valence electrons. The predicted molar refractivity (Wildman–Crippen MR) is 76.1 cm³/mol. The van der Waals surface area contributed by atoms with Gasteiger partial charge in [-0.15, -0.1) is 0 Å². The molecule has 0 aliphatic carbocycles. The van der Waals surface area contributed by atoms with Gasteiger partial charge < -0.3 is 4.90 Å². The summed E-state index contributed by atoms with van der Waals surface area (Å²) in [5.41, 5.74) is 1.83. The van der Waals surface area contributed by atoms with E-state index in [0.29, 0.717) is 0 Å². The third kappa shape index (κ3) is 2.72. The molecule has 0 aromatic carbocycles. The van der Waals surface area contributed by atoms with Crippen molar-refractivity contribution in [1.82, 2.24) is 15.0 Å². The Morgan fingerprint density at radius 2 is 1.89 bits per heavy atom. The topological polar surface area (TPSA) is 41.9 Å². The van der Waals surface area contributed by atoms with E-state index in [1.54, 1.807) is 6.20 Å². The number of pyridine rings is 1. The summed E-state index contributed by atoms with van der Waals surface area (Å²) in [5.74, 6) is 1.76. The molecule has 3 heterocycles. The number of anilines is 1. The first-order valence-corrected chi connectivity index (χ1v) is 6.85. The van der Waals surface area contributed by atoms with E-state index < -0.39 is 0 Å². The summed E-state index contributed by atoms with van der Waals surface area (Å²) in [7, 11) is 0. The van der Waals surface area contributed by atoms with E-state index in [9.17, 15) is 0 Å². The fourth-order valence-corrected chi connectivity index (χ4v) is 2.45. The van der Waals surface area contributed by atoms with Gasteiger partial charge >= 0.3 is 0 Å². The first-order chi connectivity index (χ1) is 9.33. The predicted octanol–water partition coefficient (Wildman–Crippen LogP) is 2.84. The Labute approximate surface area is 113 Å². The zero-order chi connectivity index (χ0) is 13.1. The van der Waals surface area contributed by atoms with E-state index in [1.165, 1.54) is 19.3 Å². The van der Waals surface area contributed by atoms with Crippen molar-refractivity contribution in [1.29, 1.82) is 0 Å². The molecule has 2 aromatic heterocycles. The van der Waals surface area contributed by atoms with Crippen LogP contribution >= 0.6 is 0 Å². The van der Waals surface area contributed by atoms with E-state index in [1.807, 2.05) is 25.1 Å². The molecule has 1 aliphatic rings. The second-order valence-corrected chi connectivity index (χ2v) is 4.95. The van der Waals surface area contributed by atoms with Crippen LogP contribution in [0, 0.1) is 6.92 Å². The highest BCUT2D eigenvalue weighted by Crippen LogP contribution is 2.21. The van der Waals surface area contributed by atoms with Gasteiger partial charge in [0.1, 0.15) is 11.5 Å². The summed E-state index contributed by atoms with van der Waals surface area (Å²) in [6.07, 6.45) is 5.61. The molecule has 3 rings (SSSR count). The van der Waals surface area contributed by atoms with Crippen molar-refractivity contribution in [2.45, 2.75) is 26.2 Å². The van der Waals surface area contributed by atoms with Crippen molar-refractivity contribution in [3.05, 3.63) is 36.2 Å². The molecule has 0 saturated carbocycles. The molecular formula is C15H18N4. The molecule has 4 nitrogen and oxygen atoms in total. The van der Waals surface area contributed by atoms with Crippen molar-refractivity contribution >= 4 is 5.82 Å². The molecule has 4 heteroatoms. The minimum absolute atomic E-state index is 0.723. The molecule has 2 aromatic rings. The fourth-order valence-electron chi connectivity index (χ4n) is 2.45. The van der Waals surface area contributed by atoms with E-state index in [4.69, 9.17) is 0 Å². The Morgan fingerprint density at radius 1 is 1.05 bits per heavy atom. The summed E-state index contributed by atoms with van der Waals surface area (Å²) in [5, 5.41) is 0. The van der Waals surface area contributed by atoms with Crippen molar-refractivity contribution in [2.24, 2.45) is 0 Å². The SMILES string of the molecule is Cc1cc(N2CCCCC2)nc(-c2ccccn2)n1. The Hall–Kier alpha value is -1.97. The molecule has 0 unspecified atom stereocenters. The number of hydrogen-bond acceptors (Lipinski definition) is 4. The van der Waals surface area contributed by atoms with Crippen molar-refractivity contribution in [3.8, 4) is 11.5 Å². The van der Waals surface area contributed by atoms with Gasteiger partial charge in [-0.2, -0.15) is 0 Å². The maximum Gasteiger partial charge on any atom is 0.180 e. The normalized spacial score (nSPS) is 15.5.